The van der Waals surface area contributed by atoms with E-state index in [2.05, 4.69) is 10.3 Å². The molecule has 0 radical (unpaired) electrons. The molecule has 20 heavy (non-hydrogen) atoms. The fraction of sp³-hybridized carbons (Fsp3) is 0.0769. The number of benzene rings is 1. The second-order valence-corrected chi connectivity index (χ2v) is 4.44. The van der Waals surface area contributed by atoms with Gasteiger partial charge in [-0.1, -0.05) is 18.3 Å². The first-order valence-electron chi connectivity index (χ1n) is 5.56. The first kappa shape index (κ1) is 14.3. The van der Waals surface area contributed by atoms with Crippen molar-refractivity contribution >= 4 is 28.7 Å². The summed E-state index contributed by atoms with van der Waals surface area (Å²) in [6, 6.07) is 8.12. The third-order valence-electron chi connectivity index (χ3n) is 2.51. The van der Waals surface area contributed by atoms with E-state index in [1.807, 2.05) is 0 Å². The molecule has 0 amide bonds. The molecule has 0 spiro atoms. The Balaban J connectivity index is 2.20. The highest BCUT2D eigenvalue weighted by Gasteiger charge is 2.30. The summed E-state index contributed by atoms with van der Waals surface area (Å²) in [4.78, 5) is 4.24. The van der Waals surface area contributed by atoms with E-state index >= 15 is 0 Å². The van der Waals surface area contributed by atoms with Crippen molar-refractivity contribution in [1.29, 1.82) is 0 Å². The molecule has 0 aliphatic heterocycles. The number of hydrogen-bond acceptors (Lipinski definition) is 3. The van der Waals surface area contributed by atoms with Crippen LogP contribution in [-0.4, -0.2) is 9.97 Å². The van der Waals surface area contributed by atoms with Gasteiger partial charge in [0.15, 0.2) is 0 Å². The third-order valence-corrected chi connectivity index (χ3v) is 2.75. The Labute approximate surface area is 118 Å². The number of anilines is 2. The summed E-state index contributed by atoms with van der Waals surface area (Å²) < 4.78 is 37.7. The van der Waals surface area contributed by atoms with E-state index in [9.17, 15) is 13.2 Å². The number of nitrogens with one attached hydrogen (secondary N) is 1. The summed E-state index contributed by atoms with van der Waals surface area (Å²) in [6.45, 7) is 0. The number of thiocarbonyl (C=S) groups is 1. The van der Waals surface area contributed by atoms with Gasteiger partial charge in [-0.25, -0.2) is 4.98 Å². The SMILES string of the molecule is NC(=S)c1ccc(Nc2cccc(C(F)(F)F)c2)nc1. The van der Waals surface area contributed by atoms with Crippen LogP contribution in [0.2, 0.25) is 0 Å². The van der Waals surface area contributed by atoms with Gasteiger partial charge in [-0.05, 0) is 30.3 Å². The molecule has 1 aromatic heterocycles. The molecule has 0 atom stereocenters. The molecule has 1 heterocycles. The highest BCUT2D eigenvalue weighted by molar-refractivity contribution is 7.80. The van der Waals surface area contributed by atoms with Gasteiger partial charge in [-0.2, -0.15) is 13.2 Å². The quantitative estimate of drug-likeness (QED) is 0.852. The van der Waals surface area contributed by atoms with E-state index in [1.54, 1.807) is 12.1 Å². The van der Waals surface area contributed by atoms with Gasteiger partial charge in [-0.3, -0.25) is 0 Å². The second-order valence-electron chi connectivity index (χ2n) is 4.00. The smallest absolute Gasteiger partial charge is 0.389 e. The zero-order chi connectivity index (χ0) is 14.8. The van der Waals surface area contributed by atoms with Crippen molar-refractivity contribution in [3.05, 3.63) is 53.7 Å². The Kier molecular flexibility index (Phi) is 3.89. The van der Waals surface area contributed by atoms with Crippen molar-refractivity contribution in [2.45, 2.75) is 6.18 Å². The Morgan fingerprint density at radius 2 is 1.95 bits per heavy atom. The summed E-state index contributed by atoms with van der Waals surface area (Å²) in [7, 11) is 0. The molecule has 104 valence electrons. The van der Waals surface area contributed by atoms with Crippen molar-refractivity contribution in [2.24, 2.45) is 5.73 Å². The lowest BCUT2D eigenvalue weighted by Gasteiger charge is -2.10. The Morgan fingerprint density at radius 1 is 1.20 bits per heavy atom. The number of pyridine rings is 1. The number of alkyl halides is 3. The lowest BCUT2D eigenvalue weighted by molar-refractivity contribution is -0.137. The van der Waals surface area contributed by atoms with Crippen LogP contribution in [-0.2, 0) is 6.18 Å². The summed E-state index contributed by atoms with van der Waals surface area (Å²) in [5, 5.41) is 2.79. The molecule has 0 saturated heterocycles. The van der Waals surface area contributed by atoms with E-state index in [-0.39, 0.29) is 4.99 Å². The van der Waals surface area contributed by atoms with Crippen molar-refractivity contribution in [3.8, 4) is 0 Å². The maximum Gasteiger partial charge on any atom is 0.416 e. The minimum absolute atomic E-state index is 0.211. The van der Waals surface area contributed by atoms with E-state index < -0.39 is 11.7 Å². The van der Waals surface area contributed by atoms with Crippen molar-refractivity contribution in [1.82, 2.24) is 4.98 Å². The maximum atomic E-state index is 12.6. The monoisotopic (exact) mass is 297 g/mol. The first-order chi connectivity index (χ1) is 9.36. The van der Waals surface area contributed by atoms with Gasteiger partial charge < -0.3 is 11.1 Å². The van der Waals surface area contributed by atoms with Crippen molar-refractivity contribution in [3.63, 3.8) is 0 Å². The molecule has 7 heteroatoms. The van der Waals surface area contributed by atoms with Gasteiger partial charge in [0.2, 0.25) is 0 Å². The number of nitrogens with two attached hydrogens (primary N) is 1. The molecule has 0 aliphatic carbocycles. The zero-order valence-electron chi connectivity index (χ0n) is 10.1. The van der Waals surface area contributed by atoms with Crippen LogP contribution in [0, 0.1) is 0 Å². The normalized spacial score (nSPS) is 11.2. The fourth-order valence-corrected chi connectivity index (χ4v) is 1.66. The summed E-state index contributed by atoms with van der Waals surface area (Å²) in [5.74, 6) is 0.407. The Bertz CT molecular complexity index is 624. The molecular weight excluding hydrogens is 287 g/mol. The molecule has 0 bridgehead atoms. The molecule has 2 aromatic rings. The zero-order valence-corrected chi connectivity index (χ0v) is 10.9. The van der Waals surface area contributed by atoms with Crippen LogP contribution < -0.4 is 11.1 Å². The van der Waals surface area contributed by atoms with Gasteiger partial charge in [0, 0.05) is 17.4 Å². The first-order valence-corrected chi connectivity index (χ1v) is 5.97. The Morgan fingerprint density at radius 3 is 2.50 bits per heavy atom. The molecule has 2 rings (SSSR count). The molecule has 3 nitrogen and oxygen atoms in total. The van der Waals surface area contributed by atoms with E-state index in [4.69, 9.17) is 18.0 Å². The molecule has 0 fully saturated rings. The standard InChI is InChI=1S/C13H10F3N3S/c14-13(15,16)9-2-1-3-10(6-9)19-11-5-4-8(7-18-11)12(17)20/h1-7H,(H2,17,20)(H,18,19). The van der Waals surface area contributed by atoms with Gasteiger partial charge in [-0.15, -0.1) is 0 Å². The summed E-state index contributed by atoms with van der Waals surface area (Å²) >= 11 is 4.79. The minimum atomic E-state index is -4.37. The number of aromatic nitrogens is 1. The van der Waals surface area contributed by atoms with Crippen molar-refractivity contribution in [2.75, 3.05) is 5.32 Å². The van der Waals surface area contributed by atoms with Gasteiger partial charge >= 0.3 is 6.18 Å². The van der Waals surface area contributed by atoms with Crippen LogP contribution in [0.4, 0.5) is 24.7 Å². The highest BCUT2D eigenvalue weighted by Crippen LogP contribution is 2.31. The number of hydrogen-bond donors (Lipinski definition) is 2. The van der Waals surface area contributed by atoms with Gasteiger partial charge in [0.25, 0.3) is 0 Å². The van der Waals surface area contributed by atoms with E-state index in [0.717, 1.165) is 12.1 Å². The highest BCUT2D eigenvalue weighted by atomic mass is 32.1. The number of rotatable bonds is 3. The molecule has 0 aliphatic rings. The number of halogens is 3. The maximum absolute atomic E-state index is 12.6. The topological polar surface area (TPSA) is 50.9 Å². The third kappa shape index (κ3) is 3.45. The predicted octanol–water partition coefficient (Wildman–Crippen LogP) is 3.48. The minimum Gasteiger partial charge on any atom is -0.389 e. The van der Waals surface area contributed by atoms with E-state index in [1.165, 1.54) is 18.3 Å². The molecular formula is C13H10F3N3S. The second kappa shape index (κ2) is 5.46. The van der Waals surface area contributed by atoms with Crippen LogP contribution in [0.1, 0.15) is 11.1 Å². The Hall–Kier alpha value is -2.15. The van der Waals surface area contributed by atoms with Gasteiger partial charge in [0.05, 0.1) is 5.56 Å². The summed E-state index contributed by atoms with van der Waals surface area (Å²) in [5.41, 5.74) is 5.60. The van der Waals surface area contributed by atoms with Crippen LogP contribution in [0.25, 0.3) is 0 Å². The van der Waals surface area contributed by atoms with Crippen LogP contribution in [0.15, 0.2) is 42.6 Å². The predicted molar refractivity (Wildman–Crippen MR) is 74.9 cm³/mol. The average molecular weight is 297 g/mol. The molecule has 3 N–H and O–H groups in total. The molecule has 0 unspecified atom stereocenters. The molecule has 1 aromatic carbocycles. The lowest BCUT2D eigenvalue weighted by atomic mass is 10.2. The van der Waals surface area contributed by atoms with Gasteiger partial charge in [0.1, 0.15) is 10.8 Å². The lowest BCUT2D eigenvalue weighted by Crippen LogP contribution is -2.09. The van der Waals surface area contributed by atoms with Crippen LogP contribution in [0.3, 0.4) is 0 Å². The van der Waals surface area contributed by atoms with E-state index in [0.29, 0.717) is 17.1 Å². The average Bonchev–Trinajstić information content (AvgIpc) is 2.38. The van der Waals surface area contributed by atoms with Crippen LogP contribution >= 0.6 is 12.2 Å². The fourth-order valence-electron chi connectivity index (χ4n) is 1.53. The summed E-state index contributed by atoms with van der Waals surface area (Å²) in [6.07, 6.45) is -2.92. The largest absolute Gasteiger partial charge is 0.416 e. The molecule has 0 saturated carbocycles. The van der Waals surface area contributed by atoms with Crippen LogP contribution in [0.5, 0.6) is 0 Å². The number of nitrogens with zero attached hydrogens (tertiary/aromatic N) is 1. The van der Waals surface area contributed by atoms with Crippen molar-refractivity contribution < 1.29 is 13.2 Å².